The Hall–Kier alpha value is -1.22. The minimum absolute atomic E-state index is 0.0668. The van der Waals surface area contributed by atoms with Crippen molar-refractivity contribution in [3.05, 3.63) is 23.8 Å². The number of carbonyl (C=O) groups is 2. The summed E-state index contributed by atoms with van der Waals surface area (Å²) in [5.41, 5.74) is 0.628. The van der Waals surface area contributed by atoms with Gasteiger partial charge >= 0.3 is 0 Å². The molecule has 0 radical (unpaired) electrons. The zero-order chi connectivity index (χ0) is 15.7. The maximum absolute atomic E-state index is 12.4. The van der Waals surface area contributed by atoms with Gasteiger partial charge in [0.05, 0.1) is 6.10 Å². The second-order valence-corrected chi connectivity index (χ2v) is 8.17. The summed E-state index contributed by atoms with van der Waals surface area (Å²) in [6.07, 6.45) is 9.14. The zero-order valence-electron chi connectivity index (χ0n) is 13.3. The lowest BCUT2D eigenvalue weighted by Gasteiger charge is -2.57. The van der Waals surface area contributed by atoms with Crippen LogP contribution in [0.25, 0.3) is 0 Å². The second kappa shape index (κ2) is 4.41. The predicted molar refractivity (Wildman–Crippen MR) is 83.0 cm³/mol. The monoisotopic (exact) mass is 300 g/mol. The van der Waals surface area contributed by atoms with Gasteiger partial charge in [0.1, 0.15) is 5.78 Å². The maximum Gasteiger partial charge on any atom is 0.178 e. The number of carbonyl (C=O) groups excluding carboxylic acids is 2. The van der Waals surface area contributed by atoms with E-state index in [9.17, 15) is 14.7 Å². The smallest absolute Gasteiger partial charge is 0.178 e. The lowest BCUT2D eigenvalue weighted by molar-refractivity contribution is -0.142. The van der Waals surface area contributed by atoms with Crippen LogP contribution in [0, 0.1) is 28.6 Å². The van der Waals surface area contributed by atoms with Crippen LogP contribution in [0.4, 0.5) is 0 Å². The zero-order valence-corrected chi connectivity index (χ0v) is 13.3. The van der Waals surface area contributed by atoms with Gasteiger partial charge in [0.15, 0.2) is 5.78 Å². The van der Waals surface area contributed by atoms with Crippen molar-refractivity contribution in [2.75, 3.05) is 0 Å². The molecule has 3 nitrogen and oxygen atoms in total. The average molecular weight is 300 g/mol. The molecule has 0 aromatic heterocycles. The van der Waals surface area contributed by atoms with Gasteiger partial charge in [0.2, 0.25) is 0 Å². The summed E-state index contributed by atoms with van der Waals surface area (Å²) in [5, 5.41) is 10.9. The molecule has 0 aromatic rings. The van der Waals surface area contributed by atoms with Crippen LogP contribution in [0.2, 0.25) is 0 Å². The van der Waals surface area contributed by atoms with Gasteiger partial charge in [-0.15, -0.1) is 0 Å². The van der Waals surface area contributed by atoms with Crippen molar-refractivity contribution in [3.8, 4) is 0 Å². The molecule has 0 heterocycles. The Morgan fingerprint density at radius 1 is 1.18 bits per heavy atom. The molecule has 0 saturated heterocycles. The molecule has 4 aliphatic rings. The van der Waals surface area contributed by atoms with Crippen LogP contribution in [0.1, 0.15) is 46.0 Å². The molecular weight excluding hydrogens is 276 g/mol. The molecule has 3 saturated carbocycles. The van der Waals surface area contributed by atoms with E-state index in [1.807, 2.05) is 6.08 Å². The summed E-state index contributed by atoms with van der Waals surface area (Å²) >= 11 is 0. The lowest BCUT2D eigenvalue weighted by Crippen LogP contribution is -2.55. The van der Waals surface area contributed by atoms with Crippen LogP contribution in [-0.2, 0) is 9.59 Å². The number of aliphatic hydroxyl groups excluding tert-OH is 1. The van der Waals surface area contributed by atoms with E-state index in [0.29, 0.717) is 30.5 Å². The largest absolute Gasteiger partial charge is 0.393 e. The van der Waals surface area contributed by atoms with Gasteiger partial charge in [0, 0.05) is 23.2 Å². The number of Topliss-reactive ketones (excluding diaryl/α,β-unsaturated/α-hetero) is 1. The molecule has 0 bridgehead atoms. The van der Waals surface area contributed by atoms with Crippen LogP contribution >= 0.6 is 0 Å². The Labute approximate surface area is 131 Å². The van der Waals surface area contributed by atoms with Gasteiger partial charge in [-0.05, 0) is 49.7 Å². The minimum Gasteiger partial charge on any atom is -0.393 e. The summed E-state index contributed by atoms with van der Waals surface area (Å²) in [7, 11) is 0. The molecule has 4 rings (SSSR count). The van der Waals surface area contributed by atoms with Gasteiger partial charge in [-0.2, -0.15) is 0 Å². The number of rotatable bonds is 0. The van der Waals surface area contributed by atoms with E-state index >= 15 is 0 Å². The maximum atomic E-state index is 12.4. The number of aliphatic hydroxyl groups is 1. The molecule has 0 unspecified atom stereocenters. The van der Waals surface area contributed by atoms with Crippen molar-refractivity contribution in [2.24, 2.45) is 28.6 Å². The molecule has 6 atom stereocenters. The molecule has 118 valence electrons. The highest BCUT2D eigenvalue weighted by atomic mass is 16.3. The molecule has 4 aliphatic carbocycles. The van der Waals surface area contributed by atoms with Crippen LogP contribution in [0.15, 0.2) is 23.8 Å². The van der Waals surface area contributed by atoms with Gasteiger partial charge in [-0.25, -0.2) is 0 Å². The lowest BCUT2D eigenvalue weighted by atomic mass is 9.47. The quantitative estimate of drug-likeness (QED) is 0.748. The first-order valence-corrected chi connectivity index (χ1v) is 8.52. The van der Waals surface area contributed by atoms with E-state index in [0.717, 1.165) is 19.3 Å². The molecular formula is C19H24O3. The third kappa shape index (κ3) is 1.66. The highest BCUT2D eigenvalue weighted by molar-refractivity contribution is 6.01. The SMILES string of the molecule is C[C@]12C=CC(=O)C=C1CC[C@@H]1[C@@H]2[C@H](O)C[C@]2(C)C(=O)CC[C@@H]12. The number of hydrogen-bond acceptors (Lipinski definition) is 3. The molecule has 3 heteroatoms. The van der Waals surface area contributed by atoms with Gasteiger partial charge in [-0.1, -0.05) is 25.5 Å². The third-order valence-corrected chi connectivity index (χ3v) is 7.21. The summed E-state index contributed by atoms with van der Waals surface area (Å²) in [6, 6.07) is 0. The summed E-state index contributed by atoms with van der Waals surface area (Å²) in [6.45, 7) is 4.24. The highest BCUT2D eigenvalue weighted by Crippen LogP contribution is 2.63. The second-order valence-electron chi connectivity index (χ2n) is 8.17. The fourth-order valence-corrected chi connectivity index (χ4v) is 6.10. The highest BCUT2D eigenvalue weighted by Gasteiger charge is 2.61. The van der Waals surface area contributed by atoms with Crippen molar-refractivity contribution in [1.29, 1.82) is 0 Å². The molecule has 0 aliphatic heterocycles. The van der Waals surface area contributed by atoms with Crippen molar-refractivity contribution in [3.63, 3.8) is 0 Å². The molecule has 22 heavy (non-hydrogen) atoms. The van der Waals surface area contributed by atoms with Crippen LogP contribution in [0.5, 0.6) is 0 Å². The molecule has 1 N–H and O–H groups in total. The Morgan fingerprint density at radius 2 is 1.95 bits per heavy atom. The Morgan fingerprint density at radius 3 is 2.73 bits per heavy atom. The van der Waals surface area contributed by atoms with Crippen molar-refractivity contribution in [2.45, 2.75) is 52.1 Å². The normalized spacial score (nSPS) is 50.2. The van der Waals surface area contributed by atoms with Crippen LogP contribution in [-0.4, -0.2) is 22.8 Å². The Balaban J connectivity index is 1.77. The molecule has 0 aromatic carbocycles. The Bertz CT molecular complexity index is 616. The average Bonchev–Trinajstić information content (AvgIpc) is 2.75. The van der Waals surface area contributed by atoms with Gasteiger partial charge < -0.3 is 5.11 Å². The van der Waals surface area contributed by atoms with E-state index in [1.165, 1.54) is 5.57 Å². The number of fused-ring (bicyclic) bond motifs is 5. The molecule has 3 fully saturated rings. The first kappa shape index (κ1) is 14.4. The van der Waals surface area contributed by atoms with E-state index in [-0.39, 0.29) is 22.5 Å². The van der Waals surface area contributed by atoms with Crippen molar-refractivity contribution >= 4 is 11.6 Å². The van der Waals surface area contributed by atoms with E-state index in [2.05, 4.69) is 13.8 Å². The van der Waals surface area contributed by atoms with Crippen LogP contribution in [0.3, 0.4) is 0 Å². The molecule has 0 spiro atoms. The topological polar surface area (TPSA) is 54.4 Å². The fourth-order valence-electron chi connectivity index (χ4n) is 6.10. The van der Waals surface area contributed by atoms with Gasteiger partial charge in [0.25, 0.3) is 0 Å². The van der Waals surface area contributed by atoms with E-state index in [4.69, 9.17) is 0 Å². The fraction of sp³-hybridized carbons (Fsp3) is 0.684. The third-order valence-electron chi connectivity index (χ3n) is 7.21. The number of ketones is 2. The standard InChI is InChI=1S/C19H24O3/c1-18-8-7-12(20)9-11(18)3-4-13-14-5-6-16(22)19(14,2)10-15(21)17(13)18/h7-9,13-15,17,21H,3-6,10H2,1-2H3/t13-,14-,15+,17+,18-,19-/m0/s1. The van der Waals surface area contributed by atoms with Crippen LogP contribution < -0.4 is 0 Å². The van der Waals surface area contributed by atoms with Gasteiger partial charge in [-0.3, -0.25) is 9.59 Å². The van der Waals surface area contributed by atoms with Crippen molar-refractivity contribution in [1.82, 2.24) is 0 Å². The minimum atomic E-state index is -0.458. The Kier molecular flexibility index (Phi) is 2.88. The first-order valence-electron chi connectivity index (χ1n) is 8.52. The summed E-state index contributed by atoms with van der Waals surface area (Å²) < 4.78 is 0. The van der Waals surface area contributed by atoms with E-state index < -0.39 is 6.10 Å². The predicted octanol–water partition coefficient (Wildman–Crippen LogP) is 2.83. The summed E-state index contributed by atoms with van der Waals surface area (Å²) in [4.78, 5) is 24.1. The van der Waals surface area contributed by atoms with Crippen molar-refractivity contribution < 1.29 is 14.7 Å². The van der Waals surface area contributed by atoms with E-state index in [1.54, 1.807) is 12.2 Å². The number of hydrogen-bond donors (Lipinski definition) is 1. The number of allylic oxidation sites excluding steroid dienone is 4. The first-order chi connectivity index (χ1) is 10.4. The molecule has 0 amide bonds. The summed E-state index contributed by atoms with van der Waals surface area (Å²) in [5.74, 6) is 1.34.